The van der Waals surface area contributed by atoms with Gasteiger partial charge in [-0.1, -0.05) is 0 Å². The van der Waals surface area contributed by atoms with E-state index in [0.717, 1.165) is 39.3 Å². The molecule has 7 heteroatoms. The molecule has 0 spiro atoms. The lowest BCUT2D eigenvalue weighted by atomic mass is 10.2. The minimum atomic E-state index is 0.106. The standard InChI is InChI=1S/C14H23N5O2/c15-13-3-4-19(16-13)11-14(20)18-7-5-17(6-8-18)10-12-2-1-9-21-12/h3-4,12H,1-2,5-11H2,(H2,15,16). The molecule has 1 unspecified atom stereocenters. The average Bonchev–Trinajstić information content (AvgIpc) is 3.12. The van der Waals surface area contributed by atoms with Gasteiger partial charge in [0.05, 0.1) is 6.10 Å². The molecular formula is C14H23N5O2. The molecule has 2 fully saturated rings. The van der Waals surface area contributed by atoms with Crippen LogP contribution in [0.2, 0.25) is 0 Å². The van der Waals surface area contributed by atoms with Crippen molar-refractivity contribution in [3.63, 3.8) is 0 Å². The van der Waals surface area contributed by atoms with Gasteiger partial charge in [0.25, 0.3) is 0 Å². The molecule has 1 atom stereocenters. The van der Waals surface area contributed by atoms with Crippen LogP contribution in [-0.2, 0) is 16.1 Å². The van der Waals surface area contributed by atoms with E-state index >= 15 is 0 Å². The Bertz CT molecular complexity index is 475. The monoisotopic (exact) mass is 293 g/mol. The number of nitrogen functional groups attached to an aromatic ring is 1. The van der Waals surface area contributed by atoms with Gasteiger partial charge in [0, 0.05) is 45.5 Å². The number of ether oxygens (including phenoxy) is 1. The van der Waals surface area contributed by atoms with Gasteiger partial charge in [0.1, 0.15) is 12.4 Å². The Morgan fingerprint density at radius 1 is 1.38 bits per heavy atom. The van der Waals surface area contributed by atoms with Crippen LogP contribution in [0.25, 0.3) is 0 Å². The van der Waals surface area contributed by atoms with Crippen LogP contribution in [0.15, 0.2) is 12.3 Å². The van der Waals surface area contributed by atoms with Gasteiger partial charge in [-0.3, -0.25) is 14.4 Å². The number of carbonyl (C=O) groups excluding carboxylic acids is 1. The zero-order valence-corrected chi connectivity index (χ0v) is 12.3. The molecule has 1 amide bonds. The second-order valence-electron chi connectivity index (χ2n) is 5.75. The third-order valence-electron chi connectivity index (χ3n) is 4.17. The molecule has 1 aromatic rings. The van der Waals surface area contributed by atoms with E-state index in [4.69, 9.17) is 10.5 Å². The van der Waals surface area contributed by atoms with E-state index in [1.165, 1.54) is 12.8 Å². The quantitative estimate of drug-likeness (QED) is 0.831. The third kappa shape index (κ3) is 3.74. The Morgan fingerprint density at radius 2 is 2.19 bits per heavy atom. The molecule has 21 heavy (non-hydrogen) atoms. The van der Waals surface area contributed by atoms with Gasteiger partial charge in [-0.15, -0.1) is 0 Å². The Labute approximate surface area is 124 Å². The molecule has 0 aromatic carbocycles. The highest BCUT2D eigenvalue weighted by Crippen LogP contribution is 2.14. The van der Waals surface area contributed by atoms with E-state index in [0.29, 0.717) is 11.9 Å². The number of aromatic nitrogens is 2. The lowest BCUT2D eigenvalue weighted by molar-refractivity contribution is -0.133. The number of carbonyl (C=O) groups is 1. The lowest BCUT2D eigenvalue weighted by Gasteiger charge is -2.35. The van der Waals surface area contributed by atoms with Crippen molar-refractivity contribution in [1.29, 1.82) is 0 Å². The summed E-state index contributed by atoms with van der Waals surface area (Å²) >= 11 is 0. The van der Waals surface area contributed by atoms with E-state index in [-0.39, 0.29) is 12.5 Å². The van der Waals surface area contributed by atoms with Crippen molar-refractivity contribution in [3.05, 3.63) is 12.3 Å². The molecule has 2 saturated heterocycles. The number of nitrogens with two attached hydrogens (primary N) is 1. The second kappa shape index (κ2) is 6.44. The zero-order valence-electron chi connectivity index (χ0n) is 12.3. The van der Waals surface area contributed by atoms with E-state index in [1.807, 2.05) is 4.90 Å². The first kappa shape index (κ1) is 14.3. The molecule has 2 aliphatic rings. The molecule has 2 N–H and O–H groups in total. The Balaban J connectivity index is 1.43. The highest BCUT2D eigenvalue weighted by molar-refractivity contribution is 5.76. The van der Waals surface area contributed by atoms with Gasteiger partial charge in [-0.05, 0) is 18.9 Å². The van der Waals surface area contributed by atoms with Gasteiger partial charge >= 0.3 is 0 Å². The molecule has 2 aliphatic heterocycles. The van der Waals surface area contributed by atoms with E-state index in [1.54, 1.807) is 16.9 Å². The summed E-state index contributed by atoms with van der Waals surface area (Å²) in [5.74, 6) is 0.555. The molecule has 1 aromatic heterocycles. The summed E-state index contributed by atoms with van der Waals surface area (Å²) in [6, 6.07) is 1.70. The molecule has 116 valence electrons. The second-order valence-corrected chi connectivity index (χ2v) is 5.75. The van der Waals surface area contributed by atoms with Gasteiger partial charge in [-0.25, -0.2) is 0 Å². The topological polar surface area (TPSA) is 76.6 Å². The fraction of sp³-hybridized carbons (Fsp3) is 0.714. The molecule has 0 saturated carbocycles. The van der Waals surface area contributed by atoms with Gasteiger partial charge in [0.2, 0.25) is 5.91 Å². The molecular weight excluding hydrogens is 270 g/mol. The van der Waals surface area contributed by atoms with E-state index in [2.05, 4.69) is 10.00 Å². The van der Waals surface area contributed by atoms with Crippen LogP contribution in [0.3, 0.4) is 0 Å². The molecule has 0 radical (unpaired) electrons. The predicted octanol–water partition coefficient (Wildman–Crippen LogP) is -0.211. The predicted molar refractivity (Wildman–Crippen MR) is 78.6 cm³/mol. The van der Waals surface area contributed by atoms with E-state index < -0.39 is 0 Å². The number of amides is 1. The highest BCUT2D eigenvalue weighted by Gasteiger charge is 2.24. The van der Waals surface area contributed by atoms with Gasteiger partial charge in [0.15, 0.2) is 0 Å². The number of anilines is 1. The van der Waals surface area contributed by atoms with Crippen molar-refractivity contribution in [2.75, 3.05) is 45.1 Å². The normalized spacial score (nSPS) is 23.6. The van der Waals surface area contributed by atoms with Crippen LogP contribution < -0.4 is 5.73 Å². The van der Waals surface area contributed by atoms with Crippen molar-refractivity contribution in [3.8, 4) is 0 Å². The molecule has 7 nitrogen and oxygen atoms in total. The van der Waals surface area contributed by atoms with E-state index in [9.17, 15) is 4.79 Å². The third-order valence-corrected chi connectivity index (χ3v) is 4.17. The van der Waals surface area contributed by atoms with Crippen molar-refractivity contribution in [2.45, 2.75) is 25.5 Å². The first-order valence-corrected chi connectivity index (χ1v) is 7.61. The Hall–Kier alpha value is -1.60. The van der Waals surface area contributed by atoms with Crippen LogP contribution >= 0.6 is 0 Å². The minimum absolute atomic E-state index is 0.106. The Morgan fingerprint density at radius 3 is 2.81 bits per heavy atom. The fourth-order valence-corrected chi connectivity index (χ4v) is 2.96. The average molecular weight is 293 g/mol. The SMILES string of the molecule is Nc1ccn(CC(=O)N2CCN(CC3CCCO3)CC2)n1. The molecule has 3 rings (SSSR count). The van der Waals surface area contributed by atoms with Crippen LogP contribution in [-0.4, -0.2) is 70.9 Å². The first-order chi connectivity index (χ1) is 10.2. The summed E-state index contributed by atoms with van der Waals surface area (Å²) in [5.41, 5.74) is 5.55. The number of piperazine rings is 1. The smallest absolute Gasteiger partial charge is 0.244 e. The summed E-state index contributed by atoms with van der Waals surface area (Å²) < 4.78 is 7.26. The molecule has 3 heterocycles. The van der Waals surface area contributed by atoms with Crippen molar-refractivity contribution in [2.24, 2.45) is 0 Å². The summed E-state index contributed by atoms with van der Waals surface area (Å²) in [4.78, 5) is 16.5. The van der Waals surface area contributed by atoms with Gasteiger partial charge in [-0.2, -0.15) is 5.10 Å². The van der Waals surface area contributed by atoms with Crippen molar-refractivity contribution in [1.82, 2.24) is 19.6 Å². The van der Waals surface area contributed by atoms with Crippen molar-refractivity contribution < 1.29 is 9.53 Å². The van der Waals surface area contributed by atoms with Gasteiger partial charge < -0.3 is 15.4 Å². The zero-order chi connectivity index (χ0) is 14.7. The maximum Gasteiger partial charge on any atom is 0.244 e. The number of hydrogen-bond donors (Lipinski definition) is 1. The number of hydrogen-bond acceptors (Lipinski definition) is 5. The molecule has 0 bridgehead atoms. The maximum absolute atomic E-state index is 12.2. The minimum Gasteiger partial charge on any atom is -0.382 e. The lowest BCUT2D eigenvalue weighted by Crippen LogP contribution is -2.51. The highest BCUT2D eigenvalue weighted by atomic mass is 16.5. The summed E-state index contributed by atoms with van der Waals surface area (Å²) in [6.45, 7) is 5.57. The summed E-state index contributed by atoms with van der Waals surface area (Å²) in [5, 5.41) is 4.05. The van der Waals surface area contributed by atoms with Crippen LogP contribution in [0.4, 0.5) is 5.82 Å². The number of nitrogens with zero attached hydrogens (tertiary/aromatic N) is 4. The number of rotatable bonds is 4. The first-order valence-electron chi connectivity index (χ1n) is 7.61. The fourth-order valence-electron chi connectivity index (χ4n) is 2.96. The molecule has 0 aliphatic carbocycles. The van der Waals surface area contributed by atoms with Crippen LogP contribution in [0, 0.1) is 0 Å². The summed E-state index contributed by atoms with van der Waals surface area (Å²) in [6.07, 6.45) is 4.47. The van der Waals surface area contributed by atoms with Crippen LogP contribution in [0.5, 0.6) is 0 Å². The Kier molecular flexibility index (Phi) is 4.40. The maximum atomic E-state index is 12.2. The summed E-state index contributed by atoms with van der Waals surface area (Å²) in [7, 11) is 0. The largest absolute Gasteiger partial charge is 0.382 e. The van der Waals surface area contributed by atoms with Crippen molar-refractivity contribution >= 4 is 11.7 Å². The van der Waals surface area contributed by atoms with Crippen LogP contribution in [0.1, 0.15) is 12.8 Å².